The van der Waals surface area contributed by atoms with Crippen molar-refractivity contribution in [1.82, 2.24) is 19.9 Å². The summed E-state index contributed by atoms with van der Waals surface area (Å²) in [7, 11) is 0. The zero-order valence-corrected chi connectivity index (χ0v) is 15.0. The molecule has 10 heteroatoms. The van der Waals surface area contributed by atoms with Crippen LogP contribution in [-0.4, -0.2) is 39.8 Å². The fourth-order valence-electron chi connectivity index (χ4n) is 3.20. The summed E-state index contributed by atoms with van der Waals surface area (Å²) in [6.07, 6.45) is -2.09. The molecule has 0 unspecified atom stereocenters. The van der Waals surface area contributed by atoms with Gasteiger partial charge in [0.2, 0.25) is 0 Å². The van der Waals surface area contributed by atoms with Crippen LogP contribution in [0.15, 0.2) is 36.5 Å². The van der Waals surface area contributed by atoms with E-state index in [0.717, 1.165) is 37.2 Å². The first-order valence-corrected chi connectivity index (χ1v) is 8.94. The number of hydrogen-bond donors (Lipinski definition) is 1. The largest absolute Gasteiger partial charge is 0.433 e. The van der Waals surface area contributed by atoms with Crippen molar-refractivity contribution in [2.75, 3.05) is 13.2 Å². The molecule has 152 valence electrons. The normalized spacial score (nSPS) is 17.0. The molecule has 4 rings (SSSR count). The molecule has 0 aliphatic carbocycles. The van der Waals surface area contributed by atoms with Crippen molar-refractivity contribution < 1.29 is 27.1 Å². The van der Waals surface area contributed by atoms with Crippen LogP contribution >= 0.6 is 0 Å². The molecule has 1 aromatic carbocycles. The minimum absolute atomic E-state index is 0.0431. The van der Waals surface area contributed by atoms with Gasteiger partial charge < -0.3 is 10.1 Å². The van der Waals surface area contributed by atoms with Crippen molar-refractivity contribution in [2.24, 2.45) is 0 Å². The SMILES string of the molecule is O=C(NC[C@H]1CCCO1)c1cnn2c(C(F)(F)F)cc(-c3ccc(F)cc3)nc12. The molecule has 0 radical (unpaired) electrons. The monoisotopic (exact) mass is 408 g/mol. The molecule has 1 aliphatic rings. The van der Waals surface area contributed by atoms with Crippen molar-refractivity contribution in [1.29, 1.82) is 0 Å². The molecule has 0 spiro atoms. The molecular weight excluding hydrogens is 392 g/mol. The van der Waals surface area contributed by atoms with Crippen LogP contribution in [0.3, 0.4) is 0 Å². The Labute approximate surface area is 162 Å². The predicted octanol–water partition coefficient (Wildman–Crippen LogP) is 3.46. The Morgan fingerprint density at radius 3 is 2.69 bits per heavy atom. The quantitative estimate of drug-likeness (QED) is 0.672. The van der Waals surface area contributed by atoms with Crippen LogP contribution < -0.4 is 5.32 Å². The lowest BCUT2D eigenvalue weighted by atomic mass is 10.1. The molecule has 1 N–H and O–H groups in total. The zero-order valence-electron chi connectivity index (χ0n) is 15.0. The third kappa shape index (κ3) is 3.93. The summed E-state index contributed by atoms with van der Waals surface area (Å²) in [5.74, 6) is -1.11. The number of halogens is 4. The van der Waals surface area contributed by atoms with Gasteiger partial charge in [0.15, 0.2) is 11.3 Å². The molecule has 1 atom stereocenters. The maximum atomic E-state index is 13.6. The zero-order chi connectivity index (χ0) is 20.6. The van der Waals surface area contributed by atoms with E-state index in [1.165, 1.54) is 12.1 Å². The first kappa shape index (κ1) is 19.3. The number of aromatic nitrogens is 3. The fourth-order valence-corrected chi connectivity index (χ4v) is 3.20. The number of nitrogens with one attached hydrogen (secondary N) is 1. The number of alkyl halides is 3. The van der Waals surface area contributed by atoms with Crippen molar-refractivity contribution in [2.45, 2.75) is 25.1 Å². The van der Waals surface area contributed by atoms with Crippen LogP contribution in [0.25, 0.3) is 16.9 Å². The Kier molecular flexibility index (Phi) is 4.95. The van der Waals surface area contributed by atoms with Gasteiger partial charge in [-0.15, -0.1) is 0 Å². The molecule has 3 aromatic rings. The third-order valence-corrected chi connectivity index (χ3v) is 4.66. The molecule has 1 aliphatic heterocycles. The van der Waals surface area contributed by atoms with E-state index < -0.39 is 23.6 Å². The summed E-state index contributed by atoms with van der Waals surface area (Å²) < 4.78 is 59.9. The van der Waals surface area contributed by atoms with Gasteiger partial charge in [0.25, 0.3) is 5.91 Å². The second-order valence-corrected chi connectivity index (χ2v) is 6.67. The molecule has 1 amide bonds. The van der Waals surface area contributed by atoms with Crippen LogP contribution in [0.1, 0.15) is 28.9 Å². The average molecular weight is 408 g/mol. The van der Waals surface area contributed by atoms with Crippen LogP contribution in [0.5, 0.6) is 0 Å². The van der Waals surface area contributed by atoms with Gasteiger partial charge in [0.05, 0.1) is 18.0 Å². The second-order valence-electron chi connectivity index (χ2n) is 6.67. The molecule has 1 fully saturated rings. The number of ether oxygens (including phenoxy) is 1. The molecule has 1 saturated heterocycles. The maximum absolute atomic E-state index is 13.6. The summed E-state index contributed by atoms with van der Waals surface area (Å²) in [4.78, 5) is 16.7. The topological polar surface area (TPSA) is 68.5 Å². The summed E-state index contributed by atoms with van der Waals surface area (Å²) in [5.41, 5.74) is -1.16. The van der Waals surface area contributed by atoms with Crippen molar-refractivity contribution in [3.63, 3.8) is 0 Å². The maximum Gasteiger partial charge on any atom is 0.433 e. The lowest BCUT2D eigenvalue weighted by molar-refractivity contribution is -0.142. The Hall–Kier alpha value is -3.01. The Morgan fingerprint density at radius 2 is 2.03 bits per heavy atom. The van der Waals surface area contributed by atoms with E-state index >= 15 is 0 Å². The number of hydrogen-bond acceptors (Lipinski definition) is 4. The van der Waals surface area contributed by atoms with Crippen molar-refractivity contribution >= 4 is 11.6 Å². The lowest BCUT2D eigenvalue weighted by Gasteiger charge is -2.12. The number of carbonyl (C=O) groups is 1. The van der Waals surface area contributed by atoms with Crippen LogP contribution in [0, 0.1) is 5.82 Å². The van der Waals surface area contributed by atoms with E-state index in [0.29, 0.717) is 11.1 Å². The Morgan fingerprint density at radius 1 is 1.28 bits per heavy atom. The minimum atomic E-state index is -4.73. The summed E-state index contributed by atoms with van der Waals surface area (Å²) in [6, 6.07) is 5.71. The van der Waals surface area contributed by atoms with E-state index in [4.69, 9.17) is 4.74 Å². The molecule has 2 aromatic heterocycles. The first-order chi connectivity index (χ1) is 13.8. The minimum Gasteiger partial charge on any atom is -0.376 e. The van der Waals surface area contributed by atoms with Gasteiger partial charge in [-0.3, -0.25) is 4.79 Å². The molecule has 0 bridgehead atoms. The van der Waals surface area contributed by atoms with E-state index in [1.54, 1.807) is 0 Å². The number of rotatable bonds is 4. The highest BCUT2D eigenvalue weighted by molar-refractivity contribution is 5.99. The van der Waals surface area contributed by atoms with Gasteiger partial charge in [-0.05, 0) is 43.2 Å². The van der Waals surface area contributed by atoms with Crippen molar-refractivity contribution in [3.8, 4) is 11.3 Å². The van der Waals surface area contributed by atoms with E-state index in [2.05, 4.69) is 15.4 Å². The summed E-state index contributed by atoms with van der Waals surface area (Å²) in [6.45, 7) is 0.870. The second kappa shape index (κ2) is 7.43. The molecule has 0 saturated carbocycles. The van der Waals surface area contributed by atoms with Gasteiger partial charge in [-0.25, -0.2) is 13.9 Å². The molecule has 29 heavy (non-hydrogen) atoms. The Balaban J connectivity index is 1.75. The average Bonchev–Trinajstić information content (AvgIpc) is 3.35. The van der Waals surface area contributed by atoms with Gasteiger partial charge in [0.1, 0.15) is 11.4 Å². The van der Waals surface area contributed by atoms with Crippen LogP contribution in [0.4, 0.5) is 17.6 Å². The predicted molar refractivity (Wildman–Crippen MR) is 94.7 cm³/mol. The highest BCUT2D eigenvalue weighted by Gasteiger charge is 2.36. The molecular formula is C19H16F4N4O2. The van der Waals surface area contributed by atoms with Crippen LogP contribution in [-0.2, 0) is 10.9 Å². The summed E-state index contributed by atoms with van der Waals surface area (Å²) >= 11 is 0. The summed E-state index contributed by atoms with van der Waals surface area (Å²) in [5, 5.41) is 6.37. The fraction of sp³-hybridized carbons (Fsp3) is 0.316. The number of benzene rings is 1. The van der Waals surface area contributed by atoms with Gasteiger partial charge >= 0.3 is 6.18 Å². The number of carbonyl (C=O) groups excluding carboxylic acids is 1. The van der Waals surface area contributed by atoms with Gasteiger partial charge in [-0.2, -0.15) is 18.3 Å². The third-order valence-electron chi connectivity index (χ3n) is 4.66. The van der Waals surface area contributed by atoms with E-state index in [-0.39, 0.29) is 35.1 Å². The number of nitrogens with zero attached hydrogens (tertiary/aromatic N) is 3. The highest BCUT2D eigenvalue weighted by Crippen LogP contribution is 2.32. The lowest BCUT2D eigenvalue weighted by Crippen LogP contribution is -2.31. The number of fused-ring (bicyclic) bond motifs is 1. The first-order valence-electron chi connectivity index (χ1n) is 8.94. The highest BCUT2D eigenvalue weighted by atomic mass is 19.4. The van der Waals surface area contributed by atoms with Gasteiger partial charge in [-0.1, -0.05) is 0 Å². The van der Waals surface area contributed by atoms with Crippen molar-refractivity contribution in [3.05, 3.63) is 53.6 Å². The van der Waals surface area contributed by atoms with E-state index in [9.17, 15) is 22.4 Å². The Bertz CT molecular complexity index is 1040. The van der Waals surface area contributed by atoms with Gasteiger partial charge in [0, 0.05) is 18.7 Å². The standard InChI is InChI=1S/C19H16F4N4O2/c20-12-5-3-11(4-6-12)15-8-16(19(21,22)23)27-17(26-15)14(10-25-27)18(28)24-9-13-2-1-7-29-13/h3-6,8,10,13H,1-2,7,9H2,(H,24,28)/t13-/m1/s1. The van der Waals surface area contributed by atoms with Crippen LogP contribution in [0.2, 0.25) is 0 Å². The number of amides is 1. The van der Waals surface area contributed by atoms with E-state index in [1.807, 2.05) is 0 Å². The smallest absolute Gasteiger partial charge is 0.376 e. The molecule has 3 heterocycles. The molecule has 6 nitrogen and oxygen atoms in total.